The van der Waals surface area contributed by atoms with Gasteiger partial charge in [0.2, 0.25) is 0 Å². The van der Waals surface area contributed by atoms with Crippen molar-refractivity contribution in [2.75, 3.05) is 39.6 Å². The molecule has 0 fully saturated rings. The third kappa shape index (κ3) is 73.0. The minimum Gasteiger partial charge on any atom is -0.462 e. The molecule has 100 heavy (non-hydrogen) atoms. The second kappa shape index (κ2) is 72.6. The van der Waals surface area contributed by atoms with E-state index in [-0.39, 0.29) is 25.7 Å². The van der Waals surface area contributed by atoms with Gasteiger partial charge in [-0.1, -0.05) is 375 Å². The van der Waals surface area contributed by atoms with Crippen molar-refractivity contribution >= 4 is 39.5 Å². The average Bonchev–Trinajstić information content (AvgIpc) is 0.935. The first-order chi connectivity index (χ1) is 48.4. The fourth-order valence-corrected chi connectivity index (χ4v) is 14.1. The zero-order chi connectivity index (χ0) is 73.5. The molecular weight excluding hydrogens is 1310 g/mol. The van der Waals surface area contributed by atoms with E-state index in [0.717, 1.165) is 102 Å². The predicted octanol–water partition coefficient (Wildman–Crippen LogP) is 24.3. The summed E-state index contributed by atoms with van der Waals surface area (Å²) in [4.78, 5) is 73.0. The van der Waals surface area contributed by atoms with Crippen LogP contribution in [0.5, 0.6) is 0 Å². The standard InChI is InChI=1S/C81H158O17P2/c1-7-10-12-14-16-18-19-20-21-22-23-24-25-26-31-34-41-47-53-59-65-80(85)97-77(70-92-79(84)64-58-52-46-40-33-30-28-27-29-32-39-44-50-56-62-74(6)9-3)72-96-100(89,90)94-68-75(82)67-93-99(87,88)95-71-76(69-91-78(83)63-57-51-45-37-17-15-13-11-8-2)98-81(86)66-60-54-48-42-36-35-38-43-49-55-61-73(4)5/h73-77,82H,7-72H2,1-6H3,(H,87,88)(H,89,90)/t74?,75-,76+,77+/m0/s1. The third-order valence-electron chi connectivity index (χ3n) is 19.3. The number of unbranched alkanes of at least 4 members (excludes halogenated alkanes) is 49. The van der Waals surface area contributed by atoms with Crippen molar-refractivity contribution in [3.8, 4) is 0 Å². The Balaban J connectivity index is 5.21. The average molecular weight is 1470 g/mol. The molecule has 0 aromatic rings. The summed E-state index contributed by atoms with van der Waals surface area (Å²) in [5.74, 6) is -0.508. The molecule has 0 heterocycles. The summed E-state index contributed by atoms with van der Waals surface area (Å²) in [7, 11) is -9.92. The maximum Gasteiger partial charge on any atom is 0.472 e. The smallest absolute Gasteiger partial charge is 0.462 e. The predicted molar refractivity (Wildman–Crippen MR) is 409 cm³/mol. The number of carbonyl (C=O) groups is 4. The van der Waals surface area contributed by atoms with Crippen molar-refractivity contribution in [1.29, 1.82) is 0 Å². The lowest BCUT2D eigenvalue weighted by molar-refractivity contribution is -0.161. The van der Waals surface area contributed by atoms with Gasteiger partial charge in [-0.2, -0.15) is 0 Å². The van der Waals surface area contributed by atoms with Gasteiger partial charge in [0.25, 0.3) is 0 Å². The van der Waals surface area contributed by atoms with Crippen LogP contribution in [0.2, 0.25) is 0 Å². The number of aliphatic hydroxyl groups is 1. The number of hydrogen-bond donors (Lipinski definition) is 3. The molecule has 19 heteroatoms. The highest BCUT2D eigenvalue weighted by atomic mass is 31.2. The topological polar surface area (TPSA) is 237 Å². The highest BCUT2D eigenvalue weighted by molar-refractivity contribution is 7.47. The van der Waals surface area contributed by atoms with Crippen LogP contribution in [0.25, 0.3) is 0 Å². The van der Waals surface area contributed by atoms with Crippen LogP contribution in [0.4, 0.5) is 0 Å². The molecular formula is C81H158O17P2. The van der Waals surface area contributed by atoms with Crippen molar-refractivity contribution < 1.29 is 80.2 Å². The molecule has 0 aromatic heterocycles. The molecule has 3 N–H and O–H groups in total. The van der Waals surface area contributed by atoms with E-state index in [2.05, 4.69) is 41.5 Å². The van der Waals surface area contributed by atoms with Crippen molar-refractivity contribution in [2.45, 2.75) is 445 Å². The fraction of sp³-hybridized carbons (Fsp3) is 0.951. The number of aliphatic hydroxyl groups excluding tert-OH is 1. The minimum atomic E-state index is -4.96. The van der Waals surface area contributed by atoms with Gasteiger partial charge in [-0.05, 0) is 37.5 Å². The molecule has 0 aliphatic rings. The highest BCUT2D eigenvalue weighted by Crippen LogP contribution is 2.45. The zero-order valence-corrected chi connectivity index (χ0v) is 67.3. The summed E-state index contributed by atoms with van der Waals surface area (Å²) >= 11 is 0. The first kappa shape index (κ1) is 98.1. The Hall–Kier alpha value is -1.94. The lowest BCUT2D eigenvalue weighted by atomic mass is 9.99. The number of phosphoric acid groups is 2. The maximum atomic E-state index is 13.1. The Morgan fingerprint density at radius 1 is 0.290 bits per heavy atom. The summed E-state index contributed by atoms with van der Waals surface area (Å²) in [5, 5.41) is 10.6. The summed E-state index contributed by atoms with van der Waals surface area (Å²) < 4.78 is 68.7. The van der Waals surface area contributed by atoms with Crippen LogP contribution < -0.4 is 0 Å². The van der Waals surface area contributed by atoms with Gasteiger partial charge in [0.15, 0.2) is 12.2 Å². The normalized spacial score (nSPS) is 14.2. The van der Waals surface area contributed by atoms with Gasteiger partial charge >= 0.3 is 39.5 Å². The molecule has 0 saturated carbocycles. The molecule has 0 aromatic carbocycles. The number of rotatable bonds is 80. The molecule has 0 spiro atoms. The molecule has 0 amide bonds. The molecule has 0 saturated heterocycles. The van der Waals surface area contributed by atoms with Crippen molar-refractivity contribution in [3.05, 3.63) is 0 Å². The monoisotopic (exact) mass is 1470 g/mol. The van der Waals surface area contributed by atoms with E-state index in [1.54, 1.807) is 0 Å². The Morgan fingerprint density at radius 2 is 0.510 bits per heavy atom. The number of hydrogen-bond acceptors (Lipinski definition) is 15. The number of phosphoric ester groups is 2. The molecule has 3 unspecified atom stereocenters. The van der Waals surface area contributed by atoms with E-state index < -0.39 is 97.5 Å². The Morgan fingerprint density at radius 3 is 0.760 bits per heavy atom. The van der Waals surface area contributed by atoms with Crippen molar-refractivity contribution in [3.63, 3.8) is 0 Å². The van der Waals surface area contributed by atoms with Gasteiger partial charge in [0.1, 0.15) is 19.3 Å². The number of carbonyl (C=O) groups excluding carboxylic acids is 4. The Labute approximate surface area is 613 Å². The van der Waals surface area contributed by atoms with Crippen LogP contribution in [-0.4, -0.2) is 96.7 Å². The van der Waals surface area contributed by atoms with Crippen molar-refractivity contribution in [2.24, 2.45) is 11.8 Å². The first-order valence-corrected chi connectivity index (χ1v) is 45.0. The van der Waals surface area contributed by atoms with Crippen LogP contribution in [-0.2, 0) is 65.4 Å². The molecule has 17 nitrogen and oxygen atoms in total. The second-order valence-corrected chi connectivity index (χ2v) is 32.8. The molecule has 0 aliphatic heterocycles. The summed E-state index contributed by atoms with van der Waals surface area (Å²) in [5.41, 5.74) is 0. The molecule has 0 radical (unpaired) electrons. The van der Waals surface area contributed by atoms with Gasteiger partial charge in [0, 0.05) is 25.7 Å². The van der Waals surface area contributed by atoms with Crippen LogP contribution in [0.15, 0.2) is 0 Å². The molecule has 0 bridgehead atoms. The van der Waals surface area contributed by atoms with Crippen LogP contribution >= 0.6 is 15.6 Å². The summed E-state index contributed by atoms with van der Waals surface area (Å²) in [6.45, 7) is 9.66. The van der Waals surface area contributed by atoms with E-state index in [4.69, 9.17) is 37.0 Å². The molecule has 0 rings (SSSR count). The van der Waals surface area contributed by atoms with Gasteiger partial charge < -0.3 is 33.8 Å². The van der Waals surface area contributed by atoms with Crippen LogP contribution in [0.3, 0.4) is 0 Å². The maximum absolute atomic E-state index is 13.1. The molecule has 594 valence electrons. The lowest BCUT2D eigenvalue weighted by Gasteiger charge is -2.21. The SMILES string of the molecule is CCCCCCCCCCCCCCCCCCCCCCC(=O)O[C@H](COC(=O)CCCCCCCCCCCCCCCCC(C)CC)COP(=O)(O)OC[C@@H](O)COP(=O)(O)OC[C@@H](COC(=O)CCCCCCCCCCC)OC(=O)CCCCCCCCCCCCC(C)C. The van der Waals surface area contributed by atoms with Crippen LogP contribution in [0.1, 0.15) is 427 Å². The lowest BCUT2D eigenvalue weighted by Crippen LogP contribution is -2.30. The van der Waals surface area contributed by atoms with E-state index in [0.29, 0.717) is 25.7 Å². The fourth-order valence-electron chi connectivity index (χ4n) is 12.5. The van der Waals surface area contributed by atoms with Crippen molar-refractivity contribution in [1.82, 2.24) is 0 Å². The second-order valence-electron chi connectivity index (χ2n) is 29.9. The summed E-state index contributed by atoms with van der Waals surface area (Å²) in [6.07, 6.45) is 62.4. The largest absolute Gasteiger partial charge is 0.472 e. The van der Waals surface area contributed by atoms with E-state index >= 15 is 0 Å². The minimum absolute atomic E-state index is 0.106. The van der Waals surface area contributed by atoms with Crippen LogP contribution in [0, 0.1) is 11.8 Å². The zero-order valence-electron chi connectivity index (χ0n) is 65.5. The Bertz CT molecular complexity index is 1930. The molecule has 6 atom stereocenters. The Kier molecular flexibility index (Phi) is 71.2. The quantitative estimate of drug-likeness (QED) is 0.0222. The number of esters is 4. The summed E-state index contributed by atoms with van der Waals surface area (Å²) in [6, 6.07) is 0. The van der Waals surface area contributed by atoms with E-state index in [1.165, 1.54) is 244 Å². The van der Waals surface area contributed by atoms with Gasteiger partial charge in [0.05, 0.1) is 26.4 Å². The van der Waals surface area contributed by atoms with E-state index in [1.807, 2.05) is 0 Å². The highest BCUT2D eigenvalue weighted by Gasteiger charge is 2.30. The van der Waals surface area contributed by atoms with Gasteiger partial charge in [-0.3, -0.25) is 37.3 Å². The third-order valence-corrected chi connectivity index (χ3v) is 21.2. The van der Waals surface area contributed by atoms with Gasteiger partial charge in [-0.25, -0.2) is 9.13 Å². The van der Waals surface area contributed by atoms with Gasteiger partial charge in [-0.15, -0.1) is 0 Å². The van der Waals surface area contributed by atoms with E-state index in [9.17, 15) is 43.2 Å². The number of ether oxygens (including phenoxy) is 4. The molecule has 0 aliphatic carbocycles. The first-order valence-electron chi connectivity index (χ1n) is 42.0.